The summed E-state index contributed by atoms with van der Waals surface area (Å²) in [6, 6.07) is -0.0405. The third-order valence-corrected chi connectivity index (χ3v) is 1.59. The van der Waals surface area contributed by atoms with Crippen molar-refractivity contribution >= 4 is 6.09 Å². The van der Waals surface area contributed by atoms with E-state index in [4.69, 9.17) is 4.74 Å². The average molecular weight is 153 g/mol. The van der Waals surface area contributed by atoms with Crippen LogP contribution in [0.15, 0.2) is 12.4 Å². The third-order valence-electron chi connectivity index (χ3n) is 1.59. The van der Waals surface area contributed by atoms with Gasteiger partial charge in [0.05, 0.1) is 12.2 Å². The van der Waals surface area contributed by atoms with Crippen LogP contribution in [0.5, 0.6) is 0 Å². The van der Waals surface area contributed by atoms with E-state index in [1.807, 2.05) is 0 Å². The van der Waals surface area contributed by atoms with E-state index in [0.717, 1.165) is 5.56 Å². The summed E-state index contributed by atoms with van der Waals surface area (Å²) in [5.41, 5.74) is 0.941. The molecule has 1 fully saturated rings. The zero-order valence-electron chi connectivity index (χ0n) is 5.70. The highest BCUT2D eigenvalue weighted by molar-refractivity contribution is 5.69. The maximum absolute atomic E-state index is 10.6. The van der Waals surface area contributed by atoms with Crippen molar-refractivity contribution in [3.05, 3.63) is 18.0 Å². The molecule has 58 valence electrons. The predicted octanol–water partition coefficient (Wildman–Crippen LogP) is 0.191. The topological polar surface area (TPSA) is 67.0 Å². The predicted molar refractivity (Wildman–Crippen MR) is 35.8 cm³/mol. The molecule has 1 saturated heterocycles. The summed E-state index contributed by atoms with van der Waals surface area (Å²) in [5, 5.41) is 9.06. The van der Waals surface area contributed by atoms with Gasteiger partial charge in [-0.1, -0.05) is 0 Å². The first-order chi connectivity index (χ1) is 5.36. The Morgan fingerprint density at radius 2 is 2.64 bits per heavy atom. The fraction of sp³-hybridized carbons (Fsp3) is 0.333. The Labute approximate surface area is 62.7 Å². The normalized spacial score (nSPS) is 22.9. The van der Waals surface area contributed by atoms with Gasteiger partial charge in [-0.3, -0.25) is 5.10 Å². The number of hydrogen-bond acceptors (Lipinski definition) is 3. The quantitative estimate of drug-likeness (QED) is 0.605. The number of carbonyl (C=O) groups excluding carboxylic acids is 1. The van der Waals surface area contributed by atoms with E-state index in [9.17, 15) is 4.79 Å². The molecule has 1 amide bonds. The Balaban J connectivity index is 2.13. The minimum Gasteiger partial charge on any atom is -0.447 e. The molecular weight excluding hydrogens is 146 g/mol. The van der Waals surface area contributed by atoms with Crippen molar-refractivity contribution in [2.24, 2.45) is 0 Å². The summed E-state index contributed by atoms with van der Waals surface area (Å²) >= 11 is 0. The lowest BCUT2D eigenvalue weighted by Crippen LogP contribution is -2.17. The molecule has 1 aromatic rings. The smallest absolute Gasteiger partial charge is 0.407 e. The molecular formula is C6H7N3O2. The van der Waals surface area contributed by atoms with Crippen LogP contribution >= 0.6 is 0 Å². The Kier molecular flexibility index (Phi) is 1.28. The standard InChI is InChI=1S/C6H7N3O2/c10-6-9-5(3-11-6)4-1-7-8-2-4/h1-2,5H,3H2,(H,7,8)(H,9,10). The van der Waals surface area contributed by atoms with Gasteiger partial charge >= 0.3 is 6.09 Å². The Morgan fingerprint density at radius 1 is 1.73 bits per heavy atom. The van der Waals surface area contributed by atoms with Gasteiger partial charge in [0.1, 0.15) is 6.61 Å². The van der Waals surface area contributed by atoms with Crippen LogP contribution in [0, 0.1) is 0 Å². The fourth-order valence-corrected chi connectivity index (χ4v) is 1.02. The minimum atomic E-state index is -0.365. The summed E-state index contributed by atoms with van der Waals surface area (Å²) in [5.74, 6) is 0. The number of cyclic esters (lactones) is 1. The van der Waals surface area contributed by atoms with Gasteiger partial charge in [0.25, 0.3) is 0 Å². The highest BCUT2D eigenvalue weighted by Crippen LogP contribution is 2.15. The lowest BCUT2D eigenvalue weighted by Gasteiger charge is -2.00. The first kappa shape index (κ1) is 6.21. The molecule has 2 N–H and O–H groups in total. The van der Waals surface area contributed by atoms with Gasteiger partial charge in [-0.05, 0) is 0 Å². The van der Waals surface area contributed by atoms with Crippen molar-refractivity contribution in [3.63, 3.8) is 0 Å². The molecule has 0 aromatic carbocycles. The van der Waals surface area contributed by atoms with E-state index in [2.05, 4.69) is 15.5 Å². The van der Waals surface area contributed by atoms with Crippen molar-refractivity contribution in [1.29, 1.82) is 0 Å². The van der Waals surface area contributed by atoms with Crippen molar-refractivity contribution < 1.29 is 9.53 Å². The third kappa shape index (κ3) is 1.04. The van der Waals surface area contributed by atoms with E-state index in [-0.39, 0.29) is 12.1 Å². The van der Waals surface area contributed by atoms with Gasteiger partial charge < -0.3 is 10.1 Å². The number of carbonyl (C=O) groups is 1. The number of alkyl carbamates (subject to hydrolysis) is 1. The maximum Gasteiger partial charge on any atom is 0.407 e. The molecule has 5 heteroatoms. The van der Waals surface area contributed by atoms with Gasteiger partial charge in [-0.2, -0.15) is 5.10 Å². The van der Waals surface area contributed by atoms with E-state index < -0.39 is 0 Å². The lowest BCUT2D eigenvalue weighted by atomic mass is 10.2. The molecule has 1 unspecified atom stereocenters. The van der Waals surface area contributed by atoms with Crippen LogP contribution < -0.4 is 5.32 Å². The summed E-state index contributed by atoms with van der Waals surface area (Å²) in [4.78, 5) is 10.6. The molecule has 1 aliphatic heterocycles. The second-order valence-electron chi connectivity index (χ2n) is 2.33. The van der Waals surface area contributed by atoms with Crippen LogP contribution in [0.1, 0.15) is 11.6 Å². The van der Waals surface area contributed by atoms with Gasteiger partial charge in [0.2, 0.25) is 0 Å². The van der Waals surface area contributed by atoms with Crippen molar-refractivity contribution in [3.8, 4) is 0 Å². The maximum atomic E-state index is 10.6. The van der Waals surface area contributed by atoms with Gasteiger partial charge in [0.15, 0.2) is 0 Å². The second-order valence-corrected chi connectivity index (χ2v) is 2.33. The highest BCUT2D eigenvalue weighted by Gasteiger charge is 2.23. The Bertz CT molecular complexity index is 257. The molecule has 0 saturated carbocycles. The molecule has 1 aliphatic rings. The van der Waals surface area contributed by atoms with E-state index >= 15 is 0 Å². The number of H-pyrrole nitrogens is 1. The number of rotatable bonds is 1. The Morgan fingerprint density at radius 3 is 3.18 bits per heavy atom. The van der Waals surface area contributed by atoms with Crippen LogP contribution in [0.2, 0.25) is 0 Å². The zero-order valence-corrected chi connectivity index (χ0v) is 5.70. The molecule has 5 nitrogen and oxygen atoms in total. The van der Waals surface area contributed by atoms with Crippen LogP contribution in [-0.4, -0.2) is 22.9 Å². The van der Waals surface area contributed by atoms with Gasteiger partial charge in [0, 0.05) is 11.8 Å². The number of aromatic nitrogens is 2. The minimum absolute atomic E-state index is 0.0405. The summed E-state index contributed by atoms with van der Waals surface area (Å²) in [7, 11) is 0. The number of nitrogens with one attached hydrogen (secondary N) is 2. The second kappa shape index (κ2) is 2.26. The average Bonchev–Trinajstić information content (AvgIpc) is 2.55. The molecule has 0 aliphatic carbocycles. The van der Waals surface area contributed by atoms with Crippen LogP contribution in [-0.2, 0) is 4.74 Å². The first-order valence-electron chi connectivity index (χ1n) is 3.28. The largest absolute Gasteiger partial charge is 0.447 e. The van der Waals surface area contributed by atoms with Crippen molar-refractivity contribution in [1.82, 2.24) is 15.5 Å². The zero-order chi connectivity index (χ0) is 7.68. The summed E-state index contributed by atoms with van der Waals surface area (Å²) in [6.45, 7) is 0.387. The fourth-order valence-electron chi connectivity index (χ4n) is 1.02. The number of amides is 1. The van der Waals surface area contributed by atoms with E-state index in [1.54, 1.807) is 12.4 Å². The molecule has 0 bridgehead atoms. The molecule has 2 heterocycles. The number of aromatic amines is 1. The van der Waals surface area contributed by atoms with E-state index in [0.29, 0.717) is 6.61 Å². The molecule has 11 heavy (non-hydrogen) atoms. The summed E-state index contributed by atoms with van der Waals surface area (Å²) < 4.78 is 4.70. The van der Waals surface area contributed by atoms with Gasteiger partial charge in [-0.25, -0.2) is 4.79 Å². The molecule has 1 aromatic heterocycles. The number of nitrogens with zero attached hydrogens (tertiary/aromatic N) is 1. The SMILES string of the molecule is O=C1NC(c2cn[nH]c2)CO1. The molecule has 0 radical (unpaired) electrons. The summed E-state index contributed by atoms with van der Waals surface area (Å²) in [6.07, 6.45) is 3.04. The molecule has 0 spiro atoms. The van der Waals surface area contributed by atoms with Crippen molar-refractivity contribution in [2.75, 3.05) is 6.61 Å². The van der Waals surface area contributed by atoms with Gasteiger partial charge in [-0.15, -0.1) is 0 Å². The number of ether oxygens (including phenoxy) is 1. The van der Waals surface area contributed by atoms with Crippen molar-refractivity contribution in [2.45, 2.75) is 6.04 Å². The van der Waals surface area contributed by atoms with E-state index in [1.165, 1.54) is 0 Å². The molecule has 2 rings (SSSR count). The monoisotopic (exact) mass is 153 g/mol. The lowest BCUT2D eigenvalue weighted by molar-refractivity contribution is 0.177. The highest BCUT2D eigenvalue weighted by atomic mass is 16.6. The van der Waals surface area contributed by atoms with Crippen LogP contribution in [0.25, 0.3) is 0 Å². The molecule has 1 atom stereocenters. The number of hydrogen-bond donors (Lipinski definition) is 2. The Hall–Kier alpha value is -1.52. The first-order valence-corrected chi connectivity index (χ1v) is 3.28. The van der Waals surface area contributed by atoms with Crippen LogP contribution in [0.3, 0.4) is 0 Å². The van der Waals surface area contributed by atoms with Crippen LogP contribution in [0.4, 0.5) is 4.79 Å².